The Bertz CT molecular complexity index is 283. The molecule has 0 bridgehead atoms. The van der Waals surface area contributed by atoms with E-state index in [-0.39, 0.29) is 17.6 Å². The van der Waals surface area contributed by atoms with Crippen LogP contribution >= 0.6 is 11.8 Å². The van der Waals surface area contributed by atoms with Crippen LogP contribution in [0.4, 0.5) is 0 Å². The van der Waals surface area contributed by atoms with E-state index in [0.717, 1.165) is 12.2 Å². The Balaban J connectivity index is 2.94. The zero-order valence-electron chi connectivity index (χ0n) is 11.9. The maximum Gasteiger partial charge on any atom is 0.244 e. The van der Waals surface area contributed by atoms with Gasteiger partial charge < -0.3 is 4.90 Å². The maximum atomic E-state index is 12.5. The van der Waals surface area contributed by atoms with Crippen LogP contribution in [0.3, 0.4) is 0 Å². The molecule has 3 nitrogen and oxygen atoms in total. The Morgan fingerprint density at radius 3 is 2.47 bits per heavy atom. The minimum Gasteiger partial charge on any atom is -0.322 e. The van der Waals surface area contributed by atoms with Crippen LogP contribution in [0.1, 0.15) is 41.0 Å². The van der Waals surface area contributed by atoms with Gasteiger partial charge in [-0.15, -0.1) is 0 Å². The lowest BCUT2D eigenvalue weighted by molar-refractivity contribution is -0.134. The van der Waals surface area contributed by atoms with Gasteiger partial charge in [0.25, 0.3) is 0 Å². The number of thioether (sulfide) groups is 1. The van der Waals surface area contributed by atoms with Gasteiger partial charge in [-0.2, -0.15) is 11.8 Å². The molecule has 3 unspecified atom stereocenters. The summed E-state index contributed by atoms with van der Waals surface area (Å²) in [7, 11) is 0. The average molecular weight is 258 g/mol. The molecule has 0 aromatic carbocycles. The molecule has 1 N–H and O–H groups in total. The van der Waals surface area contributed by atoms with Crippen LogP contribution in [-0.4, -0.2) is 40.6 Å². The molecule has 3 atom stereocenters. The first-order valence-electron chi connectivity index (χ1n) is 6.46. The number of rotatable bonds is 5. The summed E-state index contributed by atoms with van der Waals surface area (Å²) in [4.78, 5) is 14.6. The molecule has 1 heterocycles. The molecule has 1 saturated heterocycles. The maximum absolute atomic E-state index is 12.5. The van der Waals surface area contributed by atoms with E-state index < -0.39 is 0 Å². The molecule has 4 heteroatoms. The Labute approximate surface area is 110 Å². The van der Waals surface area contributed by atoms with Gasteiger partial charge in [-0.3, -0.25) is 10.1 Å². The van der Waals surface area contributed by atoms with Crippen molar-refractivity contribution in [1.29, 1.82) is 0 Å². The Morgan fingerprint density at radius 2 is 2.06 bits per heavy atom. The molecule has 100 valence electrons. The smallest absolute Gasteiger partial charge is 0.244 e. The molecule has 1 aliphatic heterocycles. The highest BCUT2D eigenvalue weighted by Crippen LogP contribution is 2.29. The highest BCUT2D eigenvalue weighted by Gasteiger charge is 2.48. The molecule has 1 rings (SSSR count). The van der Waals surface area contributed by atoms with Gasteiger partial charge in [0.1, 0.15) is 0 Å². The topological polar surface area (TPSA) is 32.3 Å². The predicted molar refractivity (Wildman–Crippen MR) is 75.1 cm³/mol. The minimum absolute atomic E-state index is 0.176. The molecule has 1 aliphatic rings. The summed E-state index contributed by atoms with van der Waals surface area (Å²) < 4.78 is 0. The van der Waals surface area contributed by atoms with Gasteiger partial charge in [0.15, 0.2) is 0 Å². The number of nitrogens with one attached hydrogen (secondary N) is 1. The van der Waals surface area contributed by atoms with Gasteiger partial charge in [0.2, 0.25) is 5.91 Å². The number of nitrogens with zero attached hydrogens (tertiary/aromatic N) is 1. The summed E-state index contributed by atoms with van der Waals surface area (Å²) in [5.41, 5.74) is -0.373. The molecule has 0 aromatic heterocycles. The van der Waals surface area contributed by atoms with Gasteiger partial charge in [-0.1, -0.05) is 20.8 Å². The monoisotopic (exact) mass is 258 g/mol. The fourth-order valence-corrected chi connectivity index (χ4v) is 3.05. The largest absolute Gasteiger partial charge is 0.322 e. The highest BCUT2D eigenvalue weighted by molar-refractivity contribution is 7.98. The number of amides is 1. The van der Waals surface area contributed by atoms with Crippen LogP contribution in [0.15, 0.2) is 0 Å². The summed E-state index contributed by atoms with van der Waals surface area (Å²) >= 11 is 1.80. The highest BCUT2D eigenvalue weighted by atomic mass is 32.2. The first-order valence-corrected chi connectivity index (χ1v) is 7.86. The first-order chi connectivity index (χ1) is 7.87. The third-order valence-electron chi connectivity index (χ3n) is 3.69. The second-order valence-electron chi connectivity index (χ2n) is 5.54. The summed E-state index contributed by atoms with van der Waals surface area (Å²) in [6.45, 7) is 10.6. The SMILES string of the molecule is CCC1(C)NC(C(C)C)N(C(C)CSC)C1=O. The van der Waals surface area contributed by atoms with Crippen molar-refractivity contribution in [2.24, 2.45) is 5.92 Å². The van der Waals surface area contributed by atoms with E-state index in [2.05, 4.69) is 44.2 Å². The van der Waals surface area contributed by atoms with Gasteiger partial charge in [0, 0.05) is 11.8 Å². The van der Waals surface area contributed by atoms with Crippen molar-refractivity contribution in [3.63, 3.8) is 0 Å². The van der Waals surface area contributed by atoms with Crippen molar-refractivity contribution >= 4 is 17.7 Å². The van der Waals surface area contributed by atoms with Gasteiger partial charge in [0.05, 0.1) is 11.7 Å². The average Bonchev–Trinajstić information content (AvgIpc) is 2.53. The number of carbonyl (C=O) groups excluding carboxylic acids is 1. The Hall–Kier alpha value is -0.220. The summed E-state index contributed by atoms with van der Waals surface area (Å²) in [5, 5.41) is 3.52. The minimum atomic E-state index is -0.373. The molecule has 0 aliphatic carbocycles. The zero-order valence-corrected chi connectivity index (χ0v) is 12.7. The van der Waals surface area contributed by atoms with Crippen molar-refractivity contribution < 1.29 is 4.79 Å². The van der Waals surface area contributed by atoms with E-state index in [4.69, 9.17) is 0 Å². The zero-order chi connectivity index (χ0) is 13.2. The lowest BCUT2D eigenvalue weighted by Crippen LogP contribution is -2.47. The standard InChI is InChI=1S/C13H26N2OS/c1-7-13(5)12(16)15(10(4)8-17-6)11(14-13)9(2)3/h9-11,14H,7-8H2,1-6H3. The summed E-state index contributed by atoms with van der Waals surface area (Å²) in [6.07, 6.45) is 3.11. The second-order valence-corrected chi connectivity index (χ2v) is 6.45. The number of hydrogen-bond acceptors (Lipinski definition) is 3. The van der Waals surface area contributed by atoms with Crippen molar-refractivity contribution in [3.05, 3.63) is 0 Å². The van der Waals surface area contributed by atoms with E-state index >= 15 is 0 Å². The molecular formula is C13H26N2OS. The summed E-state index contributed by atoms with van der Waals surface area (Å²) in [6, 6.07) is 0.297. The van der Waals surface area contributed by atoms with Crippen molar-refractivity contribution in [1.82, 2.24) is 10.2 Å². The van der Waals surface area contributed by atoms with Crippen LogP contribution in [0.5, 0.6) is 0 Å². The van der Waals surface area contributed by atoms with Crippen molar-refractivity contribution in [2.45, 2.75) is 58.8 Å². The Morgan fingerprint density at radius 1 is 1.47 bits per heavy atom. The van der Waals surface area contributed by atoms with E-state index in [1.807, 2.05) is 6.92 Å². The quantitative estimate of drug-likeness (QED) is 0.821. The normalized spacial score (nSPS) is 31.4. The van der Waals surface area contributed by atoms with Crippen LogP contribution in [0.25, 0.3) is 0 Å². The van der Waals surface area contributed by atoms with E-state index in [1.54, 1.807) is 11.8 Å². The molecule has 0 aromatic rings. The first kappa shape index (κ1) is 14.8. The predicted octanol–water partition coefficient (Wildman–Crippen LogP) is 2.32. The molecule has 17 heavy (non-hydrogen) atoms. The van der Waals surface area contributed by atoms with E-state index in [0.29, 0.717) is 12.0 Å². The van der Waals surface area contributed by atoms with Crippen LogP contribution in [0.2, 0.25) is 0 Å². The van der Waals surface area contributed by atoms with Gasteiger partial charge >= 0.3 is 0 Å². The molecule has 0 saturated carbocycles. The third kappa shape index (κ3) is 2.79. The van der Waals surface area contributed by atoms with Crippen LogP contribution in [0, 0.1) is 5.92 Å². The molecule has 0 spiro atoms. The van der Waals surface area contributed by atoms with Gasteiger partial charge in [-0.25, -0.2) is 0 Å². The van der Waals surface area contributed by atoms with E-state index in [9.17, 15) is 4.79 Å². The molecule has 1 amide bonds. The summed E-state index contributed by atoms with van der Waals surface area (Å²) in [5.74, 6) is 1.70. The lowest BCUT2D eigenvalue weighted by atomic mass is 9.99. The van der Waals surface area contributed by atoms with Crippen molar-refractivity contribution in [3.8, 4) is 0 Å². The second kappa shape index (κ2) is 5.61. The van der Waals surface area contributed by atoms with Crippen LogP contribution in [-0.2, 0) is 4.79 Å². The van der Waals surface area contributed by atoms with Crippen molar-refractivity contribution in [2.75, 3.05) is 12.0 Å². The lowest BCUT2D eigenvalue weighted by Gasteiger charge is -2.32. The fourth-order valence-electron chi connectivity index (χ4n) is 2.41. The van der Waals surface area contributed by atoms with Crippen LogP contribution < -0.4 is 5.32 Å². The van der Waals surface area contributed by atoms with Gasteiger partial charge in [-0.05, 0) is 32.4 Å². The third-order valence-corrected chi connectivity index (χ3v) is 4.51. The molecule has 0 radical (unpaired) electrons. The number of hydrogen-bond donors (Lipinski definition) is 1. The molecular weight excluding hydrogens is 232 g/mol. The van der Waals surface area contributed by atoms with E-state index in [1.165, 1.54) is 0 Å². The fraction of sp³-hybridized carbons (Fsp3) is 0.923. The Kier molecular flexibility index (Phi) is 4.90. The number of carbonyl (C=O) groups is 1. The molecule has 1 fully saturated rings.